The quantitative estimate of drug-likeness (QED) is 0.0672. The van der Waals surface area contributed by atoms with Gasteiger partial charge in [0.25, 0.3) is 0 Å². The van der Waals surface area contributed by atoms with Crippen molar-refractivity contribution >= 4 is 5.97 Å². The summed E-state index contributed by atoms with van der Waals surface area (Å²) in [6.45, 7) is 6.50. The van der Waals surface area contributed by atoms with Gasteiger partial charge in [-0.05, 0) is 37.8 Å². The Morgan fingerprint density at radius 3 is 1.04 bits per heavy atom. The summed E-state index contributed by atoms with van der Waals surface area (Å²) in [6.07, 6.45) is 36.8. The fourth-order valence-electron chi connectivity index (χ4n) is 6.40. The molecule has 0 heterocycles. The Balaban J connectivity index is 2.60. The molecule has 0 bridgehead atoms. The average molecular weight is 691 g/mol. The Morgan fingerprint density at radius 2 is 0.735 bits per heavy atom. The van der Waals surface area contributed by atoms with Crippen LogP contribution in [0.3, 0.4) is 0 Å². The van der Waals surface area contributed by atoms with E-state index in [4.69, 9.17) is 19.3 Å². The van der Waals surface area contributed by atoms with E-state index in [1.54, 1.807) is 12.1 Å². The summed E-state index contributed by atoms with van der Waals surface area (Å²) in [7, 11) is 0. The molecule has 0 unspecified atom stereocenters. The first-order chi connectivity index (χ1) is 24.1. The molecule has 286 valence electrons. The topological polar surface area (TPSA) is 85.2 Å². The van der Waals surface area contributed by atoms with Gasteiger partial charge in [-0.3, -0.25) is 0 Å². The summed E-state index contributed by atoms with van der Waals surface area (Å²) in [4.78, 5) is 12.0. The predicted molar refractivity (Wildman–Crippen MR) is 207 cm³/mol. The monoisotopic (exact) mass is 691 g/mol. The van der Waals surface area contributed by atoms with Crippen LogP contribution in [0.5, 0.6) is 17.2 Å². The summed E-state index contributed by atoms with van der Waals surface area (Å²) in [5.74, 6) is 0.574. The zero-order valence-electron chi connectivity index (χ0n) is 32.2. The van der Waals surface area contributed by atoms with Crippen molar-refractivity contribution in [3.05, 3.63) is 17.7 Å². The molecule has 0 radical (unpaired) electrons. The number of hydrogen-bond acceptors (Lipinski definition) is 5. The second-order valence-corrected chi connectivity index (χ2v) is 14.3. The molecule has 0 saturated heterocycles. The van der Waals surface area contributed by atoms with Crippen molar-refractivity contribution in [3.8, 4) is 17.2 Å². The Labute approximate surface area is 302 Å². The number of carboxylic acid groups (broad SMARTS) is 1. The van der Waals surface area contributed by atoms with Crippen molar-refractivity contribution in [1.29, 1.82) is 0 Å². The normalized spacial score (nSPS) is 11.2. The van der Waals surface area contributed by atoms with E-state index in [1.807, 2.05) is 0 Å². The van der Waals surface area contributed by atoms with Crippen molar-refractivity contribution < 1.29 is 29.2 Å². The number of hydrogen-bond donors (Lipinski definition) is 2. The van der Waals surface area contributed by atoms with Crippen LogP contribution in [0, 0.1) is 0 Å². The molecule has 0 saturated carbocycles. The lowest BCUT2D eigenvalue weighted by Gasteiger charge is -2.18. The van der Waals surface area contributed by atoms with Gasteiger partial charge in [-0.1, -0.05) is 181 Å². The number of benzene rings is 1. The van der Waals surface area contributed by atoms with Gasteiger partial charge in [0.05, 0.1) is 25.4 Å². The molecule has 6 nitrogen and oxygen atoms in total. The van der Waals surface area contributed by atoms with Crippen LogP contribution in [0.1, 0.15) is 217 Å². The number of unbranched alkanes of at least 4 members (excludes halogenated alkanes) is 27. The minimum Gasteiger partial charge on any atom is -0.490 e. The fraction of sp³-hybridized carbons (Fsp3) is 0.837. The first-order valence-corrected chi connectivity index (χ1v) is 21.0. The highest BCUT2D eigenvalue weighted by atomic mass is 16.5. The van der Waals surface area contributed by atoms with Crippen LogP contribution in [-0.2, 0) is 0 Å². The van der Waals surface area contributed by atoms with Gasteiger partial charge in [0, 0.05) is 6.61 Å². The number of aliphatic hydroxyl groups is 1. The lowest BCUT2D eigenvalue weighted by atomic mass is 10.1. The van der Waals surface area contributed by atoms with Crippen LogP contribution in [-0.4, -0.2) is 42.6 Å². The highest BCUT2D eigenvalue weighted by Gasteiger charge is 2.19. The van der Waals surface area contributed by atoms with Crippen molar-refractivity contribution in [3.63, 3.8) is 0 Å². The lowest BCUT2D eigenvalue weighted by molar-refractivity contribution is 0.0695. The number of carboxylic acids is 1. The van der Waals surface area contributed by atoms with E-state index < -0.39 is 5.97 Å². The molecule has 0 aromatic heterocycles. The summed E-state index contributed by atoms with van der Waals surface area (Å²) >= 11 is 0. The van der Waals surface area contributed by atoms with Crippen molar-refractivity contribution in [2.24, 2.45) is 0 Å². The third kappa shape index (κ3) is 26.5. The standard InChI is InChI=1S/C43H78O6/c1-3-5-7-9-11-13-18-22-26-30-34-47-40-37-39(43(45)46)38-41(48-35-31-27-23-20-16-15-17-21-25-29-33-44)42(40)49-36-32-28-24-19-14-12-10-8-6-4-2/h37-38,44H,3-36H2,1-2H3,(H,45,46). The average Bonchev–Trinajstić information content (AvgIpc) is 3.10. The second-order valence-electron chi connectivity index (χ2n) is 14.3. The number of rotatable bonds is 38. The fourth-order valence-corrected chi connectivity index (χ4v) is 6.40. The molecule has 0 atom stereocenters. The first-order valence-electron chi connectivity index (χ1n) is 21.0. The number of aromatic carboxylic acids is 1. The molecule has 0 spiro atoms. The van der Waals surface area contributed by atoms with Crippen molar-refractivity contribution in [1.82, 2.24) is 0 Å². The maximum absolute atomic E-state index is 12.0. The highest BCUT2D eigenvalue weighted by molar-refractivity contribution is 5.89. The van der Waals surface area contributed by atoms with Crippen LogP contribution in [0.25, 0.3) is 0 Å². The highest BCUT2D eigenvalue weighted by Crippen LogP contribution is 2.39. The summed E-state index contributed by atoms with van der Waals surface area (Å²) in [6, 6.07) is 3.23. The van der Waals surface area contributed by atoms with E-state index in [1.165, 1.54) is 141 Å². The molecule has 1 aromatic rings. The van der Waals surface area contributed by atoms with Crippen molar-refractivity contribution in [2.75, 3.05) is 26.4 Å². The Bertz CT molecular complexity index is 872. The molecule has 49 heavy (non-hydrogen) atoms. The van der Waals surface area contributed by atoms with E-state index in [0.29, 0.717) is 43.7 Å². The van der Waals surface area contributed by atoms with Gasteiger partial charge >= 0.3 is 5.97 Å². The first kappa shape index (κ1) is 45.1. The van der Waals surface area contributed by atoms with Gasteiger partial charge < -0.3 is 24.4 Å². The number of carbonyl (C=O) groups is 1. The third-order valence-electron chi connectivity index (χ3n) is 9.58. The van der Waals surface area contributed by atoms with E-state index in [-0.39, 0.29) is 5.56 Å². The largest absolute Gasteiger partial charge is 0.490 e. The Hall–Kier alpha value is -1.95. The minimum atomic E-state index is -0.980. The smallest absolute Gasteiger partial charge is 0.335 e. The van der Waals surface area contributed by atoms with Crippen molar-refractivity contribution in [2.45, 2.75) is 206 Å². The summed E-state index contributed by atoms with van der Waals surface area (Å²) in [5, 5.41) is 18.8. The molecule has 0 aliphatic heterocycles. The van der Waals surface area contributed by atoms with Crippen LogP contribution in [0.15, 0.2) is 12.1 Å². The van der Waals surface area contributed by atoms with Crippen LogP contribution in [0.4, 0.5) is 0 Å². The summed E-state index contributed by atoms with van der Waals surface area (Å²) in [5.41, 5.74) is 0.179. The van der Waals surface area contributed by atoms with Gasteiger partial charge in [0.2, 0.25) is 5.75 Å². The maximum Gasteiger partial charge on any atom is 0.335 e. The van der Waals surface area contributed by atoms with Gasteiger partial charge in [0.1, 0.15) is 0 Å². The second kappa shape index (κ2) is 34.5. The van der Waals surface area contributed by atoms with Gasteiger partial charge in [0.15, 0.2) is 11.5 Å². The maximum atomic E-state index is 12.0. The number of ether oxygens (including phenoxy) is 3. The minimum absolute atomic E-state index is 0.179. The summed E-state index contributed by atoms with van der Waals surface area (Å²) < 4.78 is 18.8. The Kier molecular flexibility index (Phi) is 31.7. The Morgan fingerprint density at radius 1 is 0.449 bits per heavy atom. The molecule has 0 aliphatic rings. The molecule has 1 rings (SSSR count). The zero-order valence-corrected chi connectivity index (χ0v) is 32.2. The van der Waals surface area contributed by atoms with E-state index in [9.17, 15) is 9.90 Å². The molecule has 0 fully saturated rings. The lowest BCUT2D eigenvalue weighted by Crippen LogP contribution is -2.08. The molecule has 1 aromatic carbocycles. The zero-order chi connectivity index (χ0) is 35.5. The third-order valence-corrected chi connectivity index (χ3v) is 9.58. The molecule has 6 heteroatoms. The van der Waals surface area contributed by atoms with Gasteiger partial charge in [-0.15, -0.1) is 0 Å². The molecule has 0 amide bonds. The predicted octanol–water partition coefficient (Wildman–Crippen LogP) is 13.3. The van der Waals surface area contributed by atoms with E-state index in [0.717, 1.165) is 51.4 Å². The van der Waals surface area contributed by atoms with Crippen LogP contribution in [0.2, 0.25) is 0 Å². The van der Waals surface area contributed by atoms with E-state index in [2.05, 4.69) is 13.8 Å². The van der Waals surface area contributed by atoms with Gasteiger partial charge in [-0.25, -0.2) is 4.79 Å². The SMILES string of the molecule is CCCCCCCCCCCCOc1cc(C(=O)O)cc(OCCCCCCCCCCCCO)c1OCCCCCCCCCCCC. The van der Waals surface area contributed by atoms with Gasteiger partial charge in [-0.2, -0.15) is 0 Å². The molecule has 2 N–H and O–H groups in total. The van der Waals surface area contributed by atoms with Crippen LogP contribution < -0.4 is 14.2 Å². The molecular formula is C43H78O6. The van der Waals surface area contributed by atoms with Crippen LogP contribution >= 0.6 is 0 Å². The molecular weight excluding hydrogens is 612 g/mol. The number of aliphatic hydroxyl groups excluding tert-OH is 1. The van der Waals surface area contributed by atoms with E-state index >= 15 is 0 Å². The molecule has 0 aliphatic carbocycles.